The van der Waals surface area contributed by atoms with Gasteiger partial charge in [-0.15, -0.1) is 0 Å². The van der Waals surface area contributed by atoms with Crippen LogP contribution in [0.1, 0.15) is 35.8 Å². The van der Waals surface area contributed by atoms with Crippen LogP contribution in [0.5, 0.6) is 0 Å². The van der Waals surface area contributed by atoms with Gasteiger partial charge in [-0.05, 0) is 18.9 Å². The topological polar surface area (TPSA) is 91.6 Å². The Morgan fingerprint density at radius 2 is 2.21 bits per heavy atom. The minimum Gasteiger partial charge on any atom is -0.480 e. The SMILES string of the molecule is O=C(NC(CCO)C(=O)O)c1cc(Cl)cn1C1CC1. The summed E-state index contributed by atoms with van der Waals surface area (Å²) in [6.45, 7) is -0.304. The van der Waals surface area contributed by atoms with Gasteiger partial charge in [0.15, 0.2) is 0 Å². The summed E-state index contributed by atoms with van der Waals surface area (Å²) in [5.74, 6) is -1.65. The summed E-state index contributed by atoms with van der Waals surface area (Å²) < 4.78 is 1.77. The third-order valence-corrected chi connectivity index (χ3v) is 3.22. The average Bonchev–Trinajstić information content (AvgIpc) is 3.11. The first kappa shape index (κ1) is 13.9. The monoisotopic (exact) mass is 286 g/mol. The van der Waals surface area contributed by atoms with Crippen LogP contribution in [0.4, 0.5) is 0 Å². The van der Waals surface area contributed by atoms with Crippen LogP contribution in [0.15, 0.2) is 12.3 Å². The van der Waals surface area contributed by atoms with Gasteiger partial charge in [-0.2, -0.15) is 0 Å². The molecule has 0 radical (unpaired) electrons. The lowest BCUT2D eigenvalue weighted by Crippen LogP contribution is -2.42. The second-order valence-electron chi connectivity index (χ2n) is 4.56. The molecule has 0 spiro atoms. The molecule has 2 rings (SSSR count). The largest absolute Gasteiger partial charge is 0.480 e. The van der Waals surface area contributed by atoms with Crippen molar-refractivity contribution < 1.29 is 19.8 Å². The van der Waals surface area contributed by atoms with Crippen molar-refractivity contribution >= 4 is 23.5 Å². The highest BCUT2D eigenvalue weighted by Crippen LogP contribution is 2.37. The number of hydrogen-bond acceptors (Lipinski definition) is 3. The summed E-state index contributed by atoms with van der Waals surface area (Å²) in [7, 11) is 0. The smallest absolute Gasteiger partial charge is 0.326 e. The number of carbonyl (C=O) groups excluding carboxylic acids is 1. The fraction of sp³-hybridized carbons (Fsp3) is 0.500. The first-order valence-electron chi connectivity index (χ1n) is 6.05. The maximum atomic E-state index is 12.1. The van der Waals surface area contributed by atoms with Crippen molar-refractivity contribution in [1.29, 1.82) is 0 Å². The molecule has 1 aliphatic rings. The average molecular weight is 287 g/mol. The molecule has 1 aromatic rings. The van der Waals surface area contributed by atoms with Gasteiger partial charge in [0.05, 0.1) is 5.02 Å². The summed E-state index contributed by atoms with van der Waals surface area (Å²) in [4.78, 5) is 23.0. The van der Waals surface area contributed by atoms with Gasteiger partial charge < -0.3 is 20.1 Å². The van der Waals surface area contributed by atoms with E-state index in [9.17, 15) is 9.59 Å². The van der Waals surface area contributed by atoms with Gasteiger partial charge in [0, 0.05) is 25.3 Å². The highest BCUT2D eigenvalue weighted by molar-refractivity contribution is 6.31. The van der Waals surface area contributed by atoms with Crippen LogP contribution >= 0.6 is 11.6 Å². The molecule has 1 heterocycles. The number of aromatic nitrogens is 1. The number of carboxylic acids is 1. The lowest BCUT2D eigenvalue weighted by Gasteiger charge is -2.14. The molecule has 1 aliphatic carbocycles. The van der Waals surface area contributed by atoms with Gasteiger partial charge in [0.25, 0.3) is 5.91 Å². The number of carboxylic acid groups (broad SMARTS) is 1. The van der Waals surface area contributed by atoms with E-state index in [4.69, 9.17) is 21.8 Å². The van der Waals surface area contributed by atoms with Crippen LogP contribution in [0.25, 0.3) is 0 Å². The Morgan fingerprint density at radius 1 is 1.53 bits per heavy atom. The lowest BCUT2D eigenvalue weighted by atomic mass is 10.2. The summed E-state index contributed by atoms with van der Waals surface area (Å²) in [5, 5.41) is 20.6. The molecule has 1 unspecified atom stereocenters. The fourth-order valence-corrected chi connectivity index (χ4v) is 2.11. The number of rotatable bonds is 6. The minimum atomic E-state index is -1.17. The van der Waals surface area contributed by atoms with Gasteiger partial charge in [-0.3, -0.25) is 4.79 Å². The first-order chi connectivity index (χ1) is 9.02. The number of carbonyl (C=O) groups is 2. The van der Waals surface area contributed by atoms with Crippen molar-refractivity contribution in [3.05, 3.63) is 23.0 Å². The number of hydrogen-bond donors (Lipinski definition) is 3. The molecule has 7 heteroatoms. The van der Waals surface area contributed by atoms with Crippen LogP contribution < -0.4 is 5.32 Å². The van der Waals surface area contributed by atoms with E-state index in [0.29, 0.717) is 10.7 Å². The molecule has 6 nitrogen and oxygen atoms in total. The number of nitrogens with zero attached hydrogens (tertiary/aromatic N) is 1. The highest BCUT2D eigenvalue weighted by atomic mass is 35.5. The molecule has 19 heavy (non-hydrogen) atoms. The van der Waals surface area contributed by atoms with Gasteiger partial charge in [-0.1, -0.05) is 11.6 Å². The normalized spacial score (nSPS) is 16.1. The van der Waals surface area contributed by atoms with Crippen LogP contribution in [0, 0.1) is 0 Å². The molecule has 1 fully saturated rings. The van der Waals surface area contributed by atoms with Crippen LogP contribution in [-0.2, 0) is 4.79 Å². The zero-order valence-corrected chi connectivity index (χ0v) is 10.9. The predicted molar refractivity (Wildman–Crippen MR) is 68.3 cm³/mol. The van der Waals surface area contributed by atoms with Gasteiger partial charge in [-0.25, -0.2) is 4.79 Å². The van der Waals surface area contributed by atoms with E-state index < -0.39 is 17.9 Å². The molecule has 1 aromatic heterocycles. The van der Waals surface area contributed by atoms with Crippen molar-refractivity contribution in [2.45, 2.75) is 31.3 Å². The molecule has 1 amide bonds. The summed E-state index contributed by atoms with van der Waals surface area (Å²) in [6.07, 6.45) is 3.63. The maximum absolute atomic E-state index is 12.1. The molecule has 0 saturated heterocycles. The second-order valence-corrected chi connectivity index (χ2v) is 5.00. The lowest BCUT2D eigenvalue weighted by molar-refractivity contribution is -0.139. The number of amides is 1. The Labute approximate surface area is 115 Å². The Hall–Kier alpha value is -1.53. The molecule has 1 atom stereocenters. The van der Waals surface area contributed by atoms with E-state index >= 15 is 0 Å². The second kappa shape index (κ2) is 5.63. The highest BCUT2D eigenvalue weighted by Gasteiger charge is 2.29. The third-order valence-electron chi connectivity index (χ3n) is 3.01. The van der Waals surface area contributed by atoms with Crippen molar-refractivity contribution in [3.63, 3.8) is 0 Å². The van der Waals surface area contributed by atoms with Crippen molar-refractivity contribution in [3.8, 4) is 0 Å². The van der Waals surface area contributed by atoms with E-state index in [1.54, 1.807) is 10.8 Å². The number of nitrogens with one attached hydrogen (secondary N) is 1. The molecular weight excluding hydrogens is 272 g/mol. The molecule has 104 valence electrons. The Kier molecular flexibility index (Phi) is 4.11. The van der Waals surface area contributed by atoms with Crippen LogP contribution in [-0.4, -0.2) is 39.3 Å². The number of aliphatic carboxylic acids is 1. The molecule has 0 aromatic carbocycles. The first-order valence-corrected chi connectivity index (χ1v) is 6.42. The fourth-order valence-electron chi connectivity index (χ4n) is 1.90. The standard InChI is InChI=1S/C12H15ClN2O4/c13-7-5-10(15(6-7)8-1-2-8)11(17)14-9(3-4-16)12(18)19/h5-6,8-9,16H,1-4H2,(H,14,17)(H,18,19). The Balaban J connectivity index is 2.12. The van der Waals surface area contributed by atoms with E-state index in [1.807, 2.05) is 0 Å². The zero-order valence-electron chi connectivity index (χ0n) is 10.2. The van der Waals surface area contributed by atoms with E-state index in [-0.39, 0.29) is 19.1 Å². The van der Waals surface area contributed by atoms with E-state index in [2.05, 4.69) is 5.32 Å². The predicted octanol–water partition coefficient (Wildman–Crippen LogP) is 1.04. The quantitative estimate of drug-likeness (QED) is 0.729. The number of halogens is 1. The van der Waals surface area contributed by atoms with E-state index in [1.165, 1.54) is 6.07 Å². The van der Waals surface area contributed by atoms with Gasteiger partial charge in [0.1, 0.15) is 11.7 Å². The van der Waals surface area contributed by atoms with Crippen LogP contribution in [0.2, 0.25) is 5.02 Å². The molecule has 1 saturated carbocycles. The summed E-state index contributed by atoms with van der Waals surface area (Å²) >= 11 is 5.88. The summed E-state index contributed by atoms with van der Waals surface area (Å²) in [6, 6.07) is 0.695. The van der Waals surface area contributed by atoms with Crippen molar-refractivity contribution in [2.75, 3.05) is 6.61 Å². The van der Waals surface area contributed by atoms with E-state index in [0.717, 1.165) is 12.8 Å². The molecular formula is C12H15ClN2O4. The van der Waals surface area contributed by atoms with Crippen molar-refractivity contribution in [2.24, 2.45) is 0 Å². The Morgan fingerprint density at radius 3 is 2.74 bits per heavy atom. The number of aliphatic hydroxyl groups excluding tert-OH is 1. The molecule has 3 N–H and O–H groups in total. The molecule has 0 aliphatic heterocycles. The van der Waals surface area contributed by atoms with Crippen molar-refractivity contribution in [1.82, 2.24) is 9.88 Å². The minimum absolute atomic E-state index is 0.0288. The zero-order chi connectivity index (χ0) is 14.0. The summed E-state index contributed by atoms with van der Waals surface area (Å²) in [5.41, 5.74) is 0.358. The third kappa shape index (κ3) is 3.27. The molecule has 0 bridgehead atoms. The maximum Gasteiger partial charge on any atom is 0.326 e. The number of aliphatic hydroxyl groups is 1. The van der Waals surface area contributed by atoms with Gasteiger partial charge in [0.2, 0.25) is 0 Å². The van der Waals surface area contributed by atoms with Gasteiger partial charge >= 0.3 is 5.97 Å². The van der Waals surface area contributed by atoms with Crippen LogP contribution in [0.3, 0.4) is 0 Å². The Bertz CT molecular complexity index is 496.